The van der Waals surface area contributed by atoms with E-state index in [4.69, 9.17) is 10.8 Å². The lowest BCUT2D eigenvalue weighted by molar-refractivity contribution is -0.144. The Morgan fingerprint density at radius 1 is 0.596 bits per heavy atom. The third-order valence-corrected chi connectivity index (χ3v) is 23.2. The lowest BCUT2D eigenvalue weighted by Crippen LogP contribution is -2.60. The predicted octanol–water partition coefficient (Wildman–Crippen LogP) is 3.78. The number of nitrogens with two attached hydrogens (primary N) is 1. The van der Waals surface area contributed by atoms with Crippen LogP contribution in [0.15, 0.2) is 98.4 Å². The average molecular weight is 1400 g/mol. The first-order valence-corrected chi connectivity index (χ1v) is 36.9. The van der Waals surface area contributed by atoms with Gasteiger partial charge in [0.25, 0.3) is 17.7 Å². The fourth-order valence-corrected chi connectivity index (χ4v) is 15.6. The normalized spacial score (nSPS) is 25.3. The zero-order valence-electron chi connectivity index (χ0n) is 56.6. The van der Waals surface area contributed by atoms with Gasteiger partial charge in [0.1, 0.15) is 40.9 Å². The summed E-state index contributed by atoms with van der Waals surface area (Å²) in [5, 5.41) is 24.8. The number of nitrogens with one attached hydrogen (secondary N) is 7. The quantitative estimate of drug-likeness (QED) is 0.0477. The van der Waals surface area contributed by atoms with Gasteiger partial charge in [-0.2, -0.15) is 0 Å². The van der Waals surface area contributed by atoms with E-state index < -0.39 is 148 Å². The Balaban J connectivity index is 0.000000185. The van der Waals surface area contributed by atoms with Gasteiger partial charge < -0.3 is 47.2 Å². The number of nitrogens with zero attached hydrogens (tertiary/aromatic N) is 4. The number of amides is 9. The van der Waals surface area contributed by atoms with Gasteiger partial charge in [-0.25, -0.2) is 26.6 Å². The largest absolute Gasteiger partial charge is 0.476 e. The Hall–Kier alpha value is -8.70. The molecule has 8 fully saturated rings. The van der Waals surface area contributed by atoms with Crippen molar-refractivity contribution >= 4 is 101 Å². The average Bonchev–Trinajstić information content (AvgIpc) is 1.58. The number of fused-ring (bicyclic) bond motifs is 2. The van der Waals surface area contributed by atoms with Crippen molar-refractivity contribution in [3.63, 3.8) is 0 Å². The molecule has 0 bridgehead atoms. The second-order valence-corrected chi connectivity index (χ2v) is 33.8. The van der Waals surface area contributed by atoms with Crippen molar-refractivity contribution in [2.75, 3.05) is 13.1 Å². The molecule has 2 aliphatic heterocycles. The summed E-state index contributed by atoms with van der Waals surface area (Å²) in [5.41, 5.74) is 2.13. The summed E-state index contributed by atoms with van der Waals surface area (Å²) >= 11 is 0. The van der Waals surface area contributed by atoms with Crippen LogP contribution in [0.5, 0.6) is 0 Å². The number of pyridine rings is 2. The molecule has 27 nitrogen and oxygen atoms in total. The summed E-state index contributed by atoms with van der Waals surface area (Å²) in [6, 6.07) is 13.1. The molecule has 8 aliphatic rings. The molecule has 10 atom stereocenters. The van der Waals surface area contributed by atoms with Crippen LogP contribution < -0.4 is 41.8 Å². The number of carboxylic acids is 1. The van der Waals surface area contributed by atoms with Crippen molar-refractivity contribution < 1.29 is 69.9 Å². The lowest BCUT2D eigenvalue weighted by atomic mass is 9.85. The van der Waals surface area contributed by atoms with Crippen molar-refractivity contribution in [1.29, 1.82) is 0 Å². The smallest absolute Gasteiger partial charge is 0.355 e. The highest BCUT2D eigenvalue weighted by atomic mass is 32.2. The molecule has 532 valence electrons. The standard InChI is InChI=1S/C35H44N6O7S.C25H39N5O6S.C10H7NO2/c1-5-22-18-35(22,33(46)40-49(47,48)24-12-13-24)39-30(43)26-17-23(37-31(44)28-25-9-7-6-8-21(25)14-15-36-28)19-41(26)32(45)29(34(2,3)4)38-27(42)16-20-10-11-20;1-5-15-12-25(15,23(34)29-37(35,36)17-8-9-17)28-21(32)18-11-16(26)13-30(18)22(33)20(24(2,3)4)27-19(31)10-14-6-7-14;12-10(13)9-8-4-2-1-3-7(8)5-6-11-9/h5-9,14-15,20,22-24,26,29H,1,10-13,16-19H2,2-4H3,(H,37,44)(H,38,42)(H,39,43)(H,40,46);5,14-18,20H,1,6-13,26H2,2-4H3,(H,27,31)(H,28,32)(H,29,34);1-6H,(H,12,13)/t22?,23-,26+,29-,35?;15?,16-,18+,20-,25?;/m11./s1. The zero-order chi connectivity index (χ0) is 71.9. The van der Waals surface area contributed by atoms with E-state index in [-0.39, 0.29) is 62.0 Å². The van der Waals surface area contributed by atoms with Crippen LogP contribution in [-0.4, -0.2) is 172 Å². The van der Waals surface area contributed by atoms with Gasteiger partial charge in [0, 0.05) is 73.0 Å². The molecule has 12 rings (SSSR count). The van der Waals surface area contributed by atoms with Crippen LogP contribution >= 0.6 is 0 Å². The number of carbonyl (C=O) groups excluding carboxylic acids is 9. The Bertz CT molecular complexity index is 4130. The Kier molecular flexibility index (Phi) is 21.0. The van der Waals surface area contributed by atoms with Gasteiger partial charge in [-0.1, -0.05) is 102 Å². The Morgan fingerprint density at radius 2 is 1.00 bits per heavy atom. The molecule has 29 heteroatoms. The maximum Gasteiger partial charge on any atom is 0.355 e. The summed E-state index contributed by atoms with van der Waals surface area (Å²) in [6.07, 6.45) is 13.1. The van der Waals surface area contributed by atoms with Gasteiger partial charge in [0.15, 0.2) is 5.69 Å². The number of aromatic nitrogens is 2. The number of benzene rings is 2. The van der Waals surface area contributed by atoms with Crippen molar-refractivity contribution in [3.05, 3.63) is 110 Å². The molecular weight excluding hydrogens is 1310 g/mol. The Morgan fingerprint density at radius 3 is 1.39 bits per heavy atom. The molecule has 6 saturated carbocycles. The molecule has 4 unspecified atom stereocenters. The summed E-state index contributed by atoms with van der Waals surface area (Å²) in [7, 11) is -7.69. The van der Waals surface area contributed by atoms with Crippen molar-refractivity contribution in [1.82, 2.24) is 55.8 Å². The number of hydrogen-bond donors (Lipinski definition) is 9. The summed E-state index contributed by atoms with van der Waals surface area (Å²) in [5.74, 6) is -6.01. The van der Waals surface area contributed by atoms with Crippen LogP contribution in [-0.2, 0) is 58.4 Å². The molecule has 2 aromatic carbocycles. The maximum atomic E-state index is 14.4. The highest BCUT2D eigenvalue weighted by Gasteiger charge is 2.63. The molecule has 0 radical (unpaired) electrons. The maximum absolute atomic E-state index is 14.4. The number of aromatic carboxylic acids is 1. The molecule has 99 heavy (non-hydrogen) atoms. The van der Waals surface area contributed by atoms with E-state index >= 15 is 0 Å². The van der Waals surface area contributed by atoms with E-state index in [0.717, 1.165) is 36.5 Å². The third kappa shape index (κ3) is 17.1. The van der Waals surface area contributed by atoms with E-state index in [1.165, 1.54) is 34.3 Å². The van der Waals surface area contributed by atoms with Gasteiger partial charge in [-0.15, -0.1) is 13.2 Å². The lowest BCUT2D eigenvalue weighted by Gasteiger charge is -2.35. The van der Waals surface area contributed by atoms with Crippen molar-refractivity contribution in [2.45, 2.75) is 189 Å². The van der Waals surface area contributed by atoms with Gasteiger partial charge in [0.2, 0.25) is 55.5 Å². The van der Waals surface area contributed by atoms with Crippen LogP contribution in [0.1, 0.15) is 152 Å². The van der Waals surface area contributed by atoms with Crippen LogP contribution in [0.2, 0.25) is 0 Å². The van der Waals surface area contributed by atoms with Crippen molar-refractivity contribution in [2.24, 2.45) is 40.2 Å². The summed E-state index contributed by atoms with van der Waals surface area (Å²) < 4.78 is 54.2. The highest BCUT2D eigenvalue weighted by molar-refractivity contribution is 7.91. The van der Waals surface area contributed by atoms with E-state index in [9.17, 15) is 64.8 Å². The minimum Gasteiger partial charge on any atom is -0.476 e. The number of carboxylic acid groups (broad SMARTS) is 1. The van der Waals surface area contributed by atoms with Crippen LogP contribution in [0, 0.1) is 34.5 Å². The number of likely N-dealkylation sites (tertiary alicyclic amines) is 2. The third-order valence-electron chi connectivity index (χ3n) is 19.6. The van der Waals surface area contributed by atoms with Gasteiger partial charge >= 0.3 is 5.97 Å². The van der Waals surface area contributed by atoms with Gasteiger partial charge in [-0.05, 0) is 123 Å². The first-order valence-electron chi connectivity index (χ1n) is 33.8. The molecular formula is C70H90N12O15S2. The fraction of sp³-hybridized carbons (Fsp3) is 0.543. The molecule has 2 aromatic heterocycles. The SMILES string of the molecule is C=CC1CC1(NC(=O)[C@@H]1C[C@@H](N)CN1C(=O)[C@@H](NC(=O)CC1CC1)C(C)(C)C)C(=O)NS(=O)(=O)C1CC1.C=CC1CC1(NC(=O)[C@@H]1C[C@@H](NC(=O)c2nccc3ccccc23)CN1C(=O)[C@@H](NC(=O)CC1CC1)C(C)(C)C)C(=O)NS(=O)(=O)C1CC1.O=C(O)c1nccc2ccccc12. The molecule has 2 saturated heterocycles. The van der Waals surface area contributed by atoms with Crippen LogP contribution in [0.4, 0.5) is 0 Å². The Labute approximate surface area is 575 Å². The van der Waals surface area contributed by atoms with E-state index in [0.29, 0.717) is 61.1 Å². The minimum atomic E-state index is -3.89. The molecule has 9 amide bonds. The number of sulfonamides is 2. The second-order valence-electron chi connectivity index (χ2n) is 29.9. The summed E-state index contributed by atoms with van der Waals surface area (Å²) in [6.45, 7) is 18.5. The first-order chi connectivity index (χ1) is 46.6. The zero-order valence-corrected chi connectivity index (χ0v) is 58.2. The predicted molar refractivity (Wildman–Crippen MR) is 366 cm³/mol. The number of rotatable bonds is 23. The molecule has 6 aliphatic carbocycles. The van der Waals surface area contributed by atoms with E-state index in [1.54, 1.807) is 36.4 Å². The second kappa shape index (κ2) is 28.5. The van der Waals surface area contributed by atoms with Crippen molar-refractivity contribution in [3.8, 4) is 0 Å². The van der Waals surface area contributed by atoms with Gasteiger partial charge in [0.05, 0.1) is 10.5 Å². The molecule has 10 N–H and O–H groups in total. The molecule has 0 spiro atoms. The van der Waals surface area contributed by atoms with Gasteiger partial charge in [-0.3, -0.25) is 57.6 Å². The van der Waals surface area contributed by atoms with E-state index in [1.807, 2.05) is 65.8 Å². The van der Waals surface area contributed by atoms with Crippen LogP contribution in [0.25, 0.3) is 21.5 Å². The minimum absolute atomic E-state index is 0.0117. The summed E-state index contributed by atoms with van der Waals surface area (Å²) in [4.78, 5) is 143. The number of hydrogen-bond acceptors (Lipinski definition) is 17. The topological polar surface area (TPSA) is 402 Å². The molecule has 4 heterocycles. The highest BCUT2D eigenvalue weighted by Crippen LogP contribution is 2.47. The van der Waals surface area contributed by atoms with E-state index in [2.05, 4.69) is 59.2 Å². The van der Waals surface area contributed by atoms with Crippen LogP contribution in [0.3, 0.4) is 0 Å². The first kappa shape index (κ1) is 73.0. The monoisotopic (exact) mass is 1400 g/mol. The fourth-order valence-electron chi connectivity index (χ4n) is 12.9. The number of carbonyl (C=O) groups is 10. The molecule has 4 aromatic rings.